The van der Waals surface area contributed by atoms with Gasteiger partial charge in [0.15, 0.2) is 0 Å². The molecule has 0 radical (unpaired) electrons. The van der Waals surface area contributed by atoms with E-state index in [9.17, 15) is 13.2 Å². The predicted octanol–water partition coefficient (Wildman–Crippen LogP) is 1.28. The molecule has 8 heteroatoms. The van der Waals surface area contributed by atoms with Gasteiger partial charge in [0, 0.05) is 31.2 Å². The molecule has 2 rings (SSSR count). The highest BCUT2D eigenvalue weighted by molar-refractivity contribution is 7.89. The lowest BCUT2D eigenvalue weighted by atomic mass is 10.0. The number of halogens is 1. The second-order valence-corrected chi connectivity index (χ2v) is 7.37. The van der Waals surface area contributed by atoms with Gasteiger partial charge in [-0.15, -0.1) is 12.4 Å². The second-order valence-electron chi connectivity index (χ2n) is 5.61. The van der Waals surface area contributed by atoms with Crippen molar-refractivity contribution in [3.8, 4) is 0 Å². The van der Waals surface area contributed by atoms with E-state index in [4.69, 9.17) is 5.73 Å². The van der Waals surface area contributed by atoms with Gasteiger partial charge in [-0.1, -0.05) is 13.0 Å². The number of nitrogens with two attached hydrogens (primary N) is 1. The van der Waals surface area contributed by atoms with Crippen molar-refractivity contribution in [2.45, 2.75) is 37.6 Å². The first-order valence-corrected chi connectivity index (χ1v) is 8.98. The zero-order valence-electron chi connectivity index (χ0n) is 13.4. The van der Waals surface area contributed by atoms with Gasteiger partial charge in [0.2, 0.25) is 10.0 Å². The molecule has 1 aliphatic heterocycles. The smallest absolute Gasteiger partial charge is 0.254 e. The summed E-state index contributed by atoms with van der Waals surface area (Å²) in [6, 6.07) is 4.80. The Hall–Kier alpha value is -1.15. The lowest BCUT2D eigenvalue weighted by Crippen LogP contribution is -2.43. The number of hydrogen-bond donors (Lipinski definition) is 2. The molecule has 1 amide bonds. The number of amides is 1. The summed E-state index contributed by atoms with van der Waals surface area (Å²) in [4.78, 5) is 14.5. The Bertz CT molecular complexity index is 656. The number of likely N-dealkylation sites (tertiary alicyclic amines) is 1. The van der Waals surface area contributed by atoms with Crippen LogP contribution in [0.1, 0.15) is 35.7 Å². The van der Waals surface area contributed by atoms with Crippen molar-refractivity contribution in [3.63, 3.8) is 0 Å². The van der Waals surface area contributed by atoms with Gasteiger partial charge in [-0.2, -0.15) is 0 Å². The summed E-state index contributed by atoms with van der Waals surface area (Å²) in [6.07, 6.45) is 1.56. The van der Waals surface area contributed by atoms with Crippen LogP contribution in [0.5, 0.6) is 0 Å². The molecule has 1 heterocycles. The van der Waals surface area contributed by atoms with E-state index in [1.807, 2.05) is 6.92 Å². The molecule has 0 aliphatic carbocycles. The van der Waals surface area contributed by atoms with E-state index < -0.39 is 10.0 Å². The van der Waals surface area contributed by atoms with Crippen LogP contribution in [-0.2, 0) is 10.0 Å². The van der Waals surface area contributed by atoms with Crippen LogP contribution in [0.15, 0.2) is 23.1 Å². The van der Waals surface area contributed by atoms with Crippen molar-refractivity contribution in [3.05, 3.63) is 29.3 Å². The highest BCUT2D eigenvalue weighted by Crippen LogP contribution is 2.19. The van der Waals surface area contributed by atoms with E-state index in [-0.39, 0.29) is 29.3 Å². The topological polar surface area (TPSA) is 92.5 Å². The molecule has 0 atom stereocenters. The standard InChI is InChI=1S/C15H23N3O3S.ClH/c1-3-17-22(20,21)13-5-4-11(2)14(10-13)15(19)18-8-6-12(16)7-9-18;/h4-5,10,12,17H,3,6-9,16H2,1-2H3;1H. The number of carbonyl (C=O) groups is 1. The summed E-state index contributed by atoms with van der Waals surface area (Å²) < 4.78 is 26.6. The fourth-order valence-corrected chi connectivity index (χ4v) is 3.61. The summed E-state index contributed by atoms with van der Waals surface area (Å²) in [5.41, 5.74) is 7.07. The van der Waals surface area contributed by atoms with Gasteiger partial charge in [0.1, 0.15) is 0 Å². The van der Waals surface area contributed by atoms with Gasteiger partial charge >= 0.3 is 0 Å². The zero-order valence-corrected chi connectivity index (χ0v) is 15.0. The largest absolute Gasteiger partial charge is 0.339 e. The molecule has 1 aliphatic rings. The number of piperidine rings is 1. The van der Waals surface area contributed by atoms with Crippen molar-refractivity contribution in [2.24, 2.45) is 5.73 Å². The lowest BCUT2D eigenvalue weighted by Gasteiger charge is -2.30. The minimum Gasteiger partial charge on any atom is -0.339 e. The van der Waals surface area contributed by atoms with Crippen LogP contribution < -0.4 is 10.5 Å². The van der Waals surface area contributed by atoms with E-state index in [1.165, 1.54) is 12.1 Å². The summed E-state index contributed by atoms with van der Waals surface area (Å²) in [5.74, 6) is -0.127. The highest BCUT2D eigenvalue weighted by Gasteiger charge is 2.24. The van der Waals surface area contributed by atoms with E-state index in [1.54, 1.807) is 17.9 Å². The Balaban J connectivity index is 0.00000264. The molecule has 0 unspecified atom stereocenters. The van der Waals surface area contributed by atoms with Crippen LogP contribution in [0.4, 0.5) is 0 Å². The maximum absolute atomic E-state index is 12.6. The monoisotopic (exact) mass is 361 g/mol. The van der Waals surface area contributed by atoms with Crippen molar-refractivity contribution in [2.75, 3.05) is 19.6 Å². The number of sulfonamides is 1. The van der Waals surface area contributed by atoms with Crippen molar-refractivity contribution >= 4 is 28.3 Å². The Labute approximate surface area is 143 Å². The molecule has 0 spiro atoms. The van der Waals surface area contributed by atoms with Crippen LogP contribution in [0.2, 0.25) is 0 Å². The van der Waals surface area contributed by atoms with Crippen LogP contribution >= 0.6 is 12.4 Å². The van der Waals surface area contributed by atoms with Crippen molar-refractivity contribution in [1.29, 1.82) is 0 Å². The molecule has 1 aromatic rings. The average Bonchev–Trinajstić information content (AvgIpc) is 2.47. The first-order valence-electron chi connectivity index (χ1n) is 7.50. The van der Waals surface area contributed by atoms with E-state index in [0.717, 1.165) is 18.4 Å². The maximum atomic E-state index is 12.6. The number of carbonyl (C=O) groups excluding carboxylic acids is 1. The van der Waals surface area contributed by atoms with E-state index in [0.29, 0.717) is 25.2 Å². The Morgan fingerprint density at radius 3 is 2.52 bits per heavy atom. The fraction of sp³-hybridized carbons (Fsp3) is 0.533. The predicted molar refractivity (Wildman–Crippen MR) is 92.4 cm³/mol. The minimum atomic E-state index is -3.56. The van der Waals surface area contributed by atoms with Gasteiger partial charge in [-0.25, -0.2) is 13.1 Å². The minimum absolute atomic E-state index is 0. The molecule has 23 heavy (non-hydrogen) atoms. The molecule has 0 aromatic heterocycles. The third kappa shape index (κ3) is 4.67. The Kier molecular flexibility index (Phi) is 7.01. The molecule has 0 saturated carbocycles. The van der Waals surface area contributed by atoms with Gasteiger partial charge in [0.25, 0.3) is 5.91 Å². The Morgan fingerprint density at radius 1 is 1.35 bits per heavy atom. The number of hydrogen-bond acceptors (Lipinski definition) is 4. The molecule has 3 N–H and O–H groups in total. The molecule has 1 aromatic carbocycles. The van der Waals surface area contributed by atoms with Gasteiger partial charge in [0.05, 0.1) is 4.90 Å². The summed E-state index contributed by atoms with van der Waals surface area (Å²) in [7, 11) is -3.56. The lowest BCUT2D eigenvalue weighted by molar-refractivity contribution is 0.0714. The molecule has 1 saturated heterocycles. The third-order valence-electron chi connectivity index (χ3n) is 3.91. The first kappa shape index (κ1) is 19.9. The SMILES string of the molecule is CCNS(=O)(=O)c1ccc(C)c(C(=O)N2CCC(N)CC2)c1.Cl. The van der Waals surface area contributed by atoms with Gasteiger partial charge in [-0.3, -0.25) is 4.79 Å². The number of nitrogens with zero attached hydrogens (tertiary/aromatic N) is 1. The van der Waals surface area contributed by atoms with Crippen LogP contribution in [0, 0.1) is 6.92 Å². The molecule has 6 nitrogen and oxygen atoms in total. The molecule has 0 bridgehead atoms. The number of aryl methyl sites for hydroxylation is 1. The normalized spacial score (nSPS) is 16.0. The van der Waals surface area contributed by atoms with Gasteiger partial charge in [-0.05, 0) is 37.5 Å². The zero-order chi connectivity index (χ0) is 16.3. The van der Waals surface area contributed by atoms with E-state index in [2.05, 4.69) is 4.72 Å². The Morgan fingerprint density at radius 2 is 1.96 bits per heavy atom. The number of benzene rings is 1. The summed E-state index contributed by atoms with van der Waals surface area (Å²) >= 11 is 0. The van der Waals surface area contributed by atoms with Crippen LogP contribution in [0.25, 0.3) is 0 Å². The van der Waals surface area contributed by atoms with Crippen molar-refractivity contribution < 1.29 is 13.2 Å². The number of rotatable bonds is 4. The van der Waals surface area contributed by atoms with Crippen molar-refractivity contribution in [1.82, 2.24) is 9.62 Å². The molecular formula is C15H24ClN3O3S. The quantitative estimate of drug-likeness (QED) is 0.844. The average molecular weight is 362 g/mol. The van der Waals surface area contributed by atoms with Gasteiger partial charge < -0.3 is 10.6 Å². The summed E-state index contributed by atoms with van der Waals surface area (Å²) in [5, 5.41) is 0. The maximum Gasteiger partial charge on any atom is 0.254 e. The highest BCUT2D eigenvalue weighted by atomic mass is 35.5. The summed E-state index contributed by atoms with van der Waals surface area (Å²) in [6.45, 7) is 5.07. The first-order chi connectivity index (χ1) is 10.3. The molecule has 130 valence electrons. The van der Waals surface area contributed by atoms with Crippen LogP contribution in [0.3, 0.4) is 0 Å². The third-order valence-corrected chi connectivity index (χ3v) is 5.45. The second kappa shape index (κ2) is 8.10. The molecular weight excluding hydrogens is 338 g/mol. The fourth-order valence-electron chi connectivity index (χ4n) is 2.54. The van der Waals surface area contributed by atoms with Crippen LogP contribution in [-0.4, -0.2) is 44.9 Å². The van der Waals surface area contributed by atoms with E-state index >= 15 is 0 Å². The molecule has 1 fully saturated rings. The number of nitrogens with one attached hydrogen (secondary N) is 1.